The summed E-state index contributed by atoms with van der Waals surface area (Å²) in [5.41, 5.74) is -0.260. The van der Waals surface area contributed by atoms with E-state index in [1.807, 2.05) is 60.8 Å². The lowest BCUT2D eigenvalue weighted by molar-refractivity contribution is -0.0909. The Balaban J connectivity index is 1.75. The number of hydrogen-bond acceptors (Lipinski definition) is 9. The van der Waals surface area contributed by atoms with Gasteiger partial charge in [-0.15, -0.1) is 0 Å². The van der Waals surface area contributed by atoms with E-state index < -0.39 is 17.1 Å². The molecule has 0 fully saturated rings. The van der Waals surface area contributed by atoms with Crippen LogP contribution in [0, 0.1) is 11.5 Å². The number of rotatable bonds is 6. The number of hydrogen-bond donors (Lipinski definition) is 2. The summed E-state index contributed by atoms with van der Waals surface area (Å²) >= 11 is 0. The van der Waals surface area contributed by atoms with E-state index in [2.05, 4.69) is 15.3 Å². The third-order valence-electron chi connectivity index (χ3n) is 7.36. The maximum Gasteiger partial charge on any atom is 0.236 e. The molecule has 3 aromatic carbocycles. The van der Waals surface area contributed by atoms with E-state index in [0.29, 0.717) is 45.4 Å². The summed E-state index contributed by atoms with van der Waals surface area (Å²) in [6.07, 6.45) is 3.50. The lowest BCUT2D eigenvalue weighted by Gasteiger charge is -2.40. The zero-order valence-corrected chi connectivity index (χ0v) is 20.9. The van der Waals surface area contributed by atoms with Crippen molar-refractivity contribution in [3.05, 3.63) is 101 Å². The summed E-state index contributed by atoms with van der Waals surface area (Å²) in [5.74, 6) is 1.50. The fourth-order valence-electron chi connectivity index (χ4n) is 5.83. The molecule has 4 aromatic rings. The first-order valence-corrected chi connectivity index (χ1v) is 11.9. The van der Waals surface area contributed by atoms with E-state index >= 15 is 0 Å². The number of nitrogens with one attached hydrogen (secondary N) is 1. The van der Waals surface area contributed by atoms with E-state index in [1.54, 1.807) is 32.5 Å². The van der Waals surface area contributed by atoms with Crippen molar-refractivity contribution in [1.82, 2.24) is 9.97 Å². The minimum absolute atomic E-state index is 0.0675. The highest BCUT2D eigenvalue weighted by atomic mass is 16.5. The Hall–Kier alpha value is -4.81. The first-order valence-electron chi connectivity index (χ1n) is 11.9. The van der Waals surface area contributed by atoms with Gasteiger partial charge in [-0.25, -0.2) is 9.97 Å². The van der Waals surface area contributed by atoms with E-state index in [4.69, 9.17) is 18.9 Å². The number of nitrogens with zero attached hydrogens (tertiary/aromatic N) is 3. The van der Waals surface area contributed by atoms with Gasteiger partial charge in [0.25, 0.3) is 0 Å². The Morgan fingerprint density at radius 1 is 0.974 bits per heavy atom. The van der Waals surface area contributed by atoms with Gasteiger partial charge >= 0.3 is 0 Å². The lowest BCUT2D eigenvalue weighted by atomic mass is 9.70. The molecule has 0 amide bonds. The maximum atomic E-state index is 13.1. The van der Waals surface area contributed by atoms with E-state index in [9.17, 15) is 10.4 Å². The SMILES string of the molecule is COc1ccc([C@@]23Oc4cc(OC)cc(OC)c4[C@]2(O)c2nc(NC#N)ncc2C3c2ccccc2)cc1. The molecule has 1 aromatic heterocycles. The predicted molar refractivity (Wildman–Crippen MR) is 137 cm³/mol. The number of aromatic nitrogens is 2. The van der Waals surface area contributed by atoms with Crippen LogP contribution in [0.4, 0.5) is 5.95 Å². The zero-order chi connectivity index (χ0) is 26.5. The van der Waals surface area contributed by atoms with Crippen molar-refractivity contribution in [2.75, 3.05) is 26.6 Å². The van der Waals surface area contributed by atoms with Gasteiger partial charge in [0.05, 0.1) is 38.5 Å². The fourth-order valence-corrected chi connectivity index (χ4v) is 5.83. The number of aliphatic hydroxyl groups is 1. The Bertz CT molecular complexity index is 1570. The summed E-state index contributed by atoms with van der Waals surface area (Å²) in [7, 11) is 4.68. The standard InChI is InChI=1S/C29H24N4O5/c1-35-19-11-9-18(10-12-19)29-24(17-7-5-4-6-8-17)21-15-31-27(32-16-30)33-26(21)28(29,34)25-22(37-3)13-20(36-2)14-23(25)38-29/h4-15,24,34H,1-3H3,(H,31,32,33)/t24?,28-,29-/m0/s1. The molecule has 2 aliphatic rings. The highest BCUT2D eigenvalue weighted by Crippen LogP contribution is 2.70. The largest absolute Gasteiger partial charge is 0.497 e. The summed E-state index contributed by atoms with van der Waals surface area (Å²) in [6, 6.07) is 20.6. The van der Waals surface area contributed by atoms with Crippen LogP contribution in [0.5, 0.6) is 23.0 Å². The van der Waals surface area contributed by atoms with E-state index in [1.165, 1.54) is 7.11 Å². The summed E-state index contributed by atoms with van der Waals surface area (Å²) in [4.78, 5) is 9.04. The van der Waals surface area contributed by atoms with Crippen molar-refractivity contribution in [1.29, 1.82) is 5.26 Å². The molecule has 38 heavy (non-hydrogen) atoms. The average molecular weight is 509 g/mol. The number of anilines is 1. The molecule has 0 saturated heterocycles. The maximum absolute atomic E-state index is 13.1. The molecule has 2 heterocycles. The van der Waals surface area contributed by atoms with Crippen LogP contribution < -0.4 is 24.3 Å². The molecule has 9 nitrogen and oxygen atoms in total. The monoisotopic (exact) mass is 508 g/mol. The Kier molecular flexibility index (Phi) is 5.36. The predicted octanol–water partition coefficient (Wildman–Crippen LogP) is 4.06. The van der Waals surface area contributed by atoms with E-state index in [0.717, 1.165) is 5.56 Å². The topological polar surface area (TPSA) is 119 Å². The van der Waals surface area contributed by atoms with Crippen LogP contribution in [0.1, 0.15) is 33.9 Å². The van der Waals surface area contributed by atoms with Crippen LogP contribution in [-0.4, -0.2) is 36.4 Å². The van der Waals surface area contributed by atoms with Gasteiger partial charge in [-0.3, -0.25) is 5.32 Å². The molecule has 3 atom stereocenters. The van der Waals surface area contributed by atoms with Crippen LogP contribution in [0.15, 0.2) is 72.9 Å². The second-order valence-corrected chi connectivity index (χ2v) is 9.06. The minimum Gasteiger partial charge on any atom is -0.497 e. The normalized spacial score (nSPS) is 22.3. The van der Waals surface area contributed by atoms with Gasteiger partial charge in [0.15, 0.2) is 17.4 Å². The number of benzene rings is 3. The summed E-state index contributed by atoms with van der Waals surface area (Å²) < 4.78 is 23.6. The Labute approximate surface area is 219 Å². The molecular formula is C29H24N4O5. The van der Waals surface area contributed by atoms with Gasteiger partial charge < -0.3 is 24.1 Å². The van der Waals surface area contributed by atoms with Crippen LogP contribution >= 0.6 is 0 Å². The number of ether oxygens (including phenoxy) is 4. The molecule has 1 unspecified atom stereocenters. The highest BCUT2D eigenvalue weighted by molar-refractivity contribution is 5.69. The molecule has 9 heteroatoms. The first kappa shape index (κ1) is 23.6. The quantitative estimate of drug-likeness (QED) is 0.293. The highest BCUT2D eigenvalue weighted by Gasteiger charge is 2.73. The van der Waals surface area contributed by atoms with Gasteiger partial charge in [-0.05, 0) is 17.7 Å². The van der Waals surface area contributed by atoms with Crippen LogP contribution in [0.25, 0.3) is 0 Å². The van der Waals surface area contributed by atoms with Crippen LogP contribution in [-0.2, 0) is 11.2 Å². The molecule has 0 radical (unpaired) electrons. The molecule has 1 aliphatic carbocycles. The molecule has 1 aliphatic heterocycles. The van der Waals surface area contributed by atoms with Gasteiger partial charge in [0.1, 0.15) is 23.0 Å². The molecule has 190 valence electrons. The van der Waals surface area contributed by atoms with Gasteiger partial charge in [0, 0.05) is 29.5 Å². The average Bonchev–Trinajstić information content (AvgIpc) is 3.35. The summed E-state index contributed by atoms with van der Waals surface area (Å²) in [6.45, 7) is 0. The third-order valence-corrected chi connectivity index (χ3v) is 7.36. The zero-order valence-electron chi connectivity index (χ0n) is 20.9. The van der Waals surface area contributed by atoms with Gasteiger partial charge in [-0.1, -0.05) is 42.5 Å². The van der Waals surface area contributed by atoms with Crippen molar-refractivity contribution >= 4 is 5.95 Å². The van der Waals surface area contributed by atoms with E-state index in [-0.39, 0.29) is 5.95 Å². The van der Waals surface area contributed by atoms with Crippen molar-refractivity contribution in [2.24, 2.45) is 0 Å². The molecule has 6 rings (SSSR count). The smallest absolute Gasteiger partial charge is 0.236 e. The lowest BCUT2D eigenvalue weighted by Crippen LogP contribution is -2.49. The first-order chi connectivity index (χ1) is 18.5. The molecule has 0 bridgehead atoms. The van der Waals surface area contributed by atoms with Crippen molar-refractivity contribution in [3.8, 4) is 29.2 Å². The molecule has 0 spiro atoms. The minimum atomic E-state index is -1.83. The number of nitriles is 1. The van der Waals surface area contributed by atoms with Gasteiger partial charge in [-0.2, -0.15) is 5.26 Å². The van der Waals surface area contributed by atoms with Crippen LogP contribution in [0.3, 0.4) is 0 Å². The molecule has 2 N–H and O–H groups in total. The Morgan fingerprint density at radius 3 is 2.37 bits per heavy atom. The molecular weight excluding hydrogens is 484 g/mol. The number of methoxy groups -OCH3 is 3. The van der Waals surface area contributed by atoms with Gasteiger partial charge in [0.2, 0.25) is 5.95 Å². The third kappa shape index (κ3) is 3.01. The van der Waals surface area contributed by atoms with Crippen LogP contribution in [0.2, 0.25) is 0 Å². The van der Waals surface area contributed by atoms with Crippen molar-refractivity contribution in [2.45, 2.75) is 17.1 Å². The fraction of sp³-hybridized carbons (Fsp3) is 0.207. The summed E-state index contributed by atoms with van der Waals surface area (Å²) in [5, 5.41) is 24.8. The second kappa shape index (κ2) is 8.64. The number of fused-ring (bicyclic) bond motifs is 5. The Morgan fingerprint density at radius 2 is 1.71 bits per heavy atom. The van der Waals surface area contributed by atoms with Crippen molar-refractivity contribution in [3.63, 3.8) is 0 Å². The second-order valence-electron chi connectivity index (χ2n) is 9.06. The van der Waals surface area contributed by atoms with Crippen molar-refractivity contribution < 1.29 is 24.1 Å². The molecule has 0 saturated carbocycles.